The number of amides is 1. The molecule has 34 heavy (non-hydrogen) atoms. The maximum Gasteiger partial charge on any atom is 0.247 e. The van der Waals surface area contributed by atoms with Crippen LogP contribution in [0.15, 0.2) is 55.1 Å². The zero-order valence-corrected chi connectivity index (χ0v) is 20.4. The number of benzene rings is 2. The molecule has 1 amide bonds. The molecule has 1 aromatic heterocycles. The van der Waals surface area contributed by atoms with Crippen LogP contribution in [-0.2, 0) is 4.79 Å². The number of hydrogen-bond acceptors (Lipinski definition) is 8. The second-order valence-electron chi connectivity index (χ2n) is 8.02. The van der Waals surface area contributed by atoms with Gasteiger partial charge in [0.25, 0.3) is 0 Å². The Bertz CT molecular complexity index is 1170. The Hall–Kier alpha value is -3.56. The van der Waals surface area contributed by atoms with Crippen LogP contribution < -0.4 is 25.0 Å². The van der Waals surface area contributed by atoms with E-state index in [1.165, 1.54) is 17.4 Å². The summed E-state index contributed by atoms with van der Waals surface area (Å²) in [4.78, 5) is 20.9. The number of thiazole rings is 1. The third-order valence-corrected chi connectivity index (χ3v) is 6.50. The highest BCUT2D eigenvalue weighted by molar-refractivity contribution is 7.17. The van der Waals surface area contributed by atoms with Crippen molar-refractivity contribution in [3.8, 4) is 16.6 Å². The first-order valence-electron chi connectivity index (χ1n) is 11.0. The van der Waals surface area contributed by atoms with Crippen molar-refractivity contribution in [3.63, 3.8) is 0 Å². The zero-order chi connectivity index (χ0) is 24.1. The van der Waals surface area contributed by atoms with Gasteiger partial charge in [0.1, 0.15) is 11.5 Å². The number of likely N-dealkylation sites (N-methyl/N-ethyl adjacent to an activating group) is 1. The highest BCUT2D eigenvalue weighted by atomic mass is 32.1. The number of aryl methyl sites for hydroxylation is 1. The van der Waals surface area contributed by atoms with Gasteiger partial charge in [0.05, 0.1) is 18.5 Å². The molecule has 1 aliphatic heterocycles. The summed E-state index contributed by atoms with van der Waals surface area (Å²) in [6.45, 7) is 9.46. The monoisotopic (exact) mass is 479 g/mol. The number of aromatic nitrogens is 1. The lowest BCUT2D eigenvalue weighted by atomic mass is 10.2. The number of hydrogen-bond donors (Lipinski definition) is 2. The van der Waals surface area contributed by atoms with Gasteiger partial charge in [-0.15, -0.1) is 0 Å². The Labute approximate surface area is 203 Å². The molecule has 0 unspecified atom stereocenters. The van der Waals surface area contributed by atoms with Crippen LogP contribution in [0.1, 0.15) is 5.69 Å². The maximum absolute atomic E-state index is 11.6. The van der Waals surface area contributed by atoms with Gasteiger partial charge in [0, 0.05) is 49.7 Å². The fourth-order valence-corrected chi connectivity index (χ4v) is 4.48. The van der Waals surface area contributed by atoms with Gasteiger partial charge in [0.2, 0.25) is 11.0 Å². The van der Waals surface area contributed by atoms with Crippen molar-refractivity contribution < 1.29 is 14.3 Å². The molecule has 1 aliphatic rings. The Morgan fingerprint density at radius 3 is 2.71 bits per heavy atom. The minimum Gasteiger partial charge on any atom is -0.494 e. The quantitative estimate of drug-likeness (QED) is 0.446. The molecule has 3 aromatic rings. The number of nitrogens with one attached hydrogen (secondary N) is 2. The molecule has 1 fully saturated rings. The Morgan fingerprint density at radius 2 is 1.97 bits per heavy atom. The SMILES string of the molecule is C=CC(=O)Nc1cccc(Oc2sc(Nc3ccc(N4CCN(C)CC4)cc3OC)nc2C)c1. The summed E-state index contributed by atoms with van der Waals surface area (Å²) in [5.41, 5.74) is 3.39. The van der Waals surface area contributed by atoms with E-state index in [9.17, 15) is 4.79 Å². The van der Waals surface area contributed by atoms with Gasteiger partial charge >= 0.3 is 0 Å². The molecular weight excluding hydrogens is 450 g/mol. The highest BCUT2D eigenvalue weighted by Crippen LogP contribution is 2.38. The van der Waals surface area contributed by atoms with E-state index in [-0.39, 0.29) is 5.91 Å². The van der Waals surface area contributed by atoms with E-state index in [4.69, 9.17) is 9.47 Å². The lowest BCUT2D eigenvalue weighted by Gasteiger charge is -2.34. The summed E-state index contributed by atoms with van der Waals surface area (Å²) in [5, 5.41) is 7.46. The molecule has 9 heteroatoms. The van der Waals surface area contributed by atoms with Gasteiger partial charge in [-0.1, -0.05) is 24.0 Å². The van der Waals surface area contributed by atoms with Crippen LogP contribution in [0, 0.1) is 6.92 Å². The third-order valence-electron chi connectivity index (χ3n) is 5.55. The van der Waals surface area contributed by atoms with E-state index in [1.54, 1.807) is 19.2 Å². The number of anilines is 4. The van der Waals surface area contributed by atoms with E-state index in [1.807, 2.05) is 25.1 Å². The molecular formula is C25H29N5O3S. The Kier molecular flexibility index (Phi) is 7.34. The smallest absolute Gasteiger partial charge is 0.247 e. The molecule has 4 rings (SSSR count). The van der Waals surface area contributed by atoms with Crippen LogP contribution in [0.5, 0.6) is 16.6 Å². The van der Waals surface area contributed by atoms with Gasteiger partial charge in [-0.25, -0.2) is 4.98 Å². The van der Waals surface area contributed by atoms with Crippen molar-refractivity contribution in [1.29, 1.82) is 0 Å². The van der Waals surface area contributed by atoms with Crippen molar-refractivity contribution in [3.05, 3.63) is 60.8 Å². The van der Waals surface area contributed by atoms with Gasteiger partial charge < -0.3 is 29.9 Å². The van der Waals surface area contributed by atoms with E-state index in [0.717, 1.165) is 49.0 Å². The molecule has 1 saturated heterocycles. The predicted molar refractivity (Wildman–Crippen MR) is 138 cm³/mol. The minimum atomic E-state index is -0.273. The van der Waals surface area contributed by atoms with Crippen LogP contribution in [0.4, 0.5) is 22.2 Å². The van der Waals surface area contributed by atoms with E-state index < -0.39 is 0 Å². The van der Waals surface area contributed by atoms with E-state index in [2.05, 4.69) is 51.2 Å². The molecule has 0 bridgehead atoms. The molecule has 8 nitrogen and oxygen atoms in total. The number of carbonyl (C=O) groups is 1. The normalized spacial score (nSPS) is 13.9. The second kappa shape index (κ2) is 10.6. The number of methoxy groups -OCH3 is 1. The van der Waals surface area contributed by atoms with Gasteiger partial charge in [-0.3, -0.25) is 4.79 Å². The van der Waals surface area contributed by atoms with E-state index in [0.29, 0.717) is 21.6 Å². The number of carbonyl (C=O) groups excluding carboxylic acids is 1. The molecule has 2 N–H and O–H groups in total. The fourth-order valence-electron chi connectivity index (χ4n) is 3.63. The van der Waals surface area contributed by atoms with Crippen molar-refractivity contribution in [2.24, 2.45) is 0 Å². The average molecular weight is 480 g/mol. The topological polar surface area (TPSA) is 79.0 Å². The number of ether oxygens (including phenoxy) is 2. The molecule has 0 aliphatic carbocycles. The predicted octanol–water partition coefficient (Wildman–Crippen LogP) is 4.87. The first-order chi connectivity index (χ1) is 16.4. The third kappa shape index (κ3) is 5.67. The van der Waals surface area contributed by atoms with Crippen LogP contribution in [0.2, 0.25) is 0 Å². The Balaban J connectivity index is 1.47. The highest BCUT2D eigenvalue weighted by Gasteiger charge is 2.17. The van der Waals surface area contributed by atoms with Crippen LogP contribution >= 0.6 is 11.3 Å². The second-order valence-corrected chi connectivity index (χ2v) is 8.98. The zero-order valence-electron chi connectivity index (χ0n) is 19.6. The van der Waals surface area contributed by atoms with Crippen molar-refractivity contribution in [2.45, 2.75) is 6.92 Å². The first kappa shape index (κ1) is 23.6. The molecule has 2 heterocycles. The molecule has 178 valence electrons. The van der Waals surface area contributed by atoms with Crippen LogP contribution in [0.25, 0.3) is 0 Å². The molecule has 0 atom stereocenters. The summed E-state index contributed by atoms with van der Waals surface area (Å²) in [7, 11) is 3.82. The standard InChI is InChI=1S/C25H29N5O3S/c1-5-23(31)27-18-7-6-8-20(15-18)33-24-17(2)26-25(34-24)28-21-10-9-19(16-22(21)32-4)30-13-11-29(3)12-14-30/h5-10,15-16H,1,11-14H2,2-4H3,(H,26,28)(H,27,31). The van der Waals surface area contributed by atoms with Crippen molar-refractivity contribution in [2.75, 3.05) is 55.9 Å². The van der Waals surface area contributed by atoms with Crippen molar-refractivity contribution >= 4 is 39.4 Å². The first-order valence-corrected chi connectivity index (χ1v) is 11.8. The summed E-state index contributed by atoms with van der Waals surface area (Å²) < 4.78 is 11.7. The van der Waals surface area contributed by atoms with Crippen molar-refractivity contribution in [1.82, 2.24) is 9.88 Å². The van der Waals surface area contributed by atoms with Crippen LogP contribution in [0.3, 0.4) is 0 Å². The maximum atomic E-state index is 11.6. The van der Waals surface area contributed by atoms with E-state index >= 15 is 0 Å². The summed E-state index contributed by atoms with van der Waals surface area (Å²) in [5.74, 6) is 1.09. The van der Waals surface area contributed by atoms with Gasteiger partial charge in [-0.05, 0) is 44.3 Å². The molecule has 0 radical (unpaired) electrons. The summed E-state index contributed by atoms with van der Waals surface area (Å²) >= 11 is 1.41. The van der Waals surface area contributed by atoms with Crippen LogP contribution in [-0.4, -0.2) is 56.1 Å². The molecule has 2 aromatic carbocycles. The van der Waals surface area contributed by atoms with Gasteiger partial charge in [0.15, 0.2) is 5.13 Å². The molecule has 0 saturated carbocycles. The lowest BCUT2D eigenvalue weighted by molar-refractivity contribution is -0.111. The Morgan fingerprint density at radius 1 is 1.18 bits per heavy atom. The average Bonchev–Trinajstić information content (AvgIpc) is 3.18. The summed E-state index contributed by atoms with van der Waals surface area (Å²) in [6, 6.07) is 13.4. The minimum absolute atomic E-state index is 0.273. The lowest BCUT2D eigenvalue weighted by Crippen LogP contribution is -2.44. The fraction of sp³-hybridized carbons (Fsp3) is 0.280. The summed E-state index contributed by atoms with van der Waals surface area (Å²) in [6.07, 6.45) is 1.23. The number of piperazine rings is 1. The number of rotatable bonds is 8. The molecule has 0 spiro atoms. The van der Waals surface area contributed by atoms with Gasteiger partial charge in [-0.2, -0.15) is 0 Å². The largest absolute Gasteiger partial charge is 0.494 e. The number of nitrogens with zero attached hydrogens (tertiary/aromatic N) is 3.